The summed E-state index contributed by atoms with van der Waals surface area (Å²) >= 11 is 18.5. The van der Waals surface area contributed by atoms with Crippen LogP contribution >= 0.6 is 46.6 Å². The van der Waals surface area contributed by atoms with Crippen molar-refractivity contribution in [1.82, 2.24) is 0 Å². The molecule has 0 aromatic heterocycles. The van der Waals surface area contributed by atoms with Gasteiger partial charge in [0, 0.05) is 4.90 Å². The number of benzene rings is 1. The summed E-state index contributed by atoms with van der Waals surface area (Å²) in [6, 6.07) is 6.26. The molecule has 0 unspecified atom stereocenters. The number of thioether (sulfide) groups is 1. The van der Waals surface area contributed by atoms with Crippen LogP contribution in [0.15, 0.2) is 23.1 Å². The van der Waals surface area contributed by atoms with Gasteiger partial charge in [0.05, 0.1) is 0 Å². The summed E-state index contributed by atoms with van der Waals surface area (Å²) in [6.07, 6.45) is 0. The summed E-state index contributed by atoms with van der Waals surface area (Å²) in [7, 11) is 0. The number of halogens is 3. The minimum absolute atomic E-state index is 0.147. The lowest BCUT2D eigenvalue weighted by molar-refractivity contribution is 0.589. The fourth-order valence-electron chi connectivity index (χ4n) is 1.36. The van der Waals surface area contributed by atoms with E-state index >= 15 is 0 Å². The second-order valence-electron chi connectivity index (χ2n) is 4.78. The quantitative estimate of drug-likeness (QED) is 0.472. The van der Waals surface area contributed by atoms with E-state index < -0.39 is 3.12 Å². The van der Waals surface area contributed by atoms with Gasteiger partial charge in [0.2, 0.25) is 3.12 Å². The molecule has 0 aliphatic carbocycles. The maximum absolute atomic E-state index is 5.76. The largest absolute Gasteiger partial charge is 0.241 e. The van der Waals surface area contributed by atoms with Gasteiger partial charge in [-0.1, -0.05) is 79.5 Å². The van der Waals surface area contributed by atoms with Crippen LogP contribution in [0.4, 0.5) is 0 Å². The van der Waals surface area contributed by atoms with Crippen LogP contribution in [-0.4, -0.2) is 3.12 Å². The SMILES string of the molecule is Cc1cc(C(C)(C)C)ccc1SC(Cl)(Cl)Cl. The van der Waals surface area contributed by atoms with Crippen molar-refractivity contribution in [1.29, 1.82) is 0 Å². The molecule has 0 radical (unpaired) electrons. The molecule has 0 aliphatic heterocycles. The van der Waals surface area contributed by atoms with Gasteiger partial charge in [-0.25, -0.2) is 0 Å². The number of alkyl halides is 3. The lowest BCUT2D eigenvalue weighted by Gasteiger charge is -2.21. The smallest absolute Gasteiger partial charge is 0.0714 e. The Morgan fingerprint density at radius 3 is 2.00 bits per heavy atom. The Bertz CT molecular complexity index is 375. The average Bonchev–Trinajstić information content (AvgIpc) is 2.04. The molecule has 0 N–H and O–H groups in total. The van der Waals surface area contributed by atoms with Crippen molar-refractivity contribution in [2.45, 2.75) is 41.1 Å². The highest BCUT2D eigenvalue weighted by Gasteiger charge is 2.23. The zero-order valence-corrected chi connectivity index (χ0v) is 12.9. The highest BCUT2D eigenvalue weighted by atomic mass is 35.6. The molecule has 1 rings (SSSR count). The Hall–Kier alpha value is 0.440. The first kappa shape index (κ1) is 14.5. The molecule has 0 heterocycles. The van der Waals surface area contributed by atoms with Gasteiger partial charge in [-0.15, -0.1) is 0 Å². The summed E-state index contributed by atoms with van der Waals surface area (Å²) in [5, 5.41) is 0. The predicted octanol–water partition coefficient (Wildman–Crippen LogP) is 5.71. The maximum Gasteiger partial charge on any atom is 0.241 e. The standard InChI is InChI=1S/C12H15Cl3S/c1-8-7-9(11(2,3)4)5-6-10(8)16-12(13,14)15/h5-7H,1-4H3. The van der Waals surface area contributed by atoms with Crippen molar-refractivity contribution in [3.8, 4) is 0 Å². The van der Waals surface area contributed by atoms with E-state index in [1.54, 1.807) is 0 Å². The Balaban J connectivity index is 3.01. The van der Waals surface area contributed by atoms with Crippen molar-refractivity contribution in [2.75, 3.05) is 0 Å². The Morgan fingerprint density at radius 1 is 1.06 bits per heavy atom. The molecule has 0 nitrogen and oxygen atoms in total. The summed E-state index contributed by atoms with van der Waals surface area (Å²) in [4.78, 5) is 1.01. The molecule has 0 bridgehead atoms. The van der Waals surface area contributed by atoms with Crippen LogP contribution in [0, 0.1) is 6.92 Å². The Morgan fingerprint density at radius 2 is 1.62 bits per heavy atom. The van der Waals surface area contributed by atoms with Gasteiger partial charge in [-0.05, 0) is 29.5 Å². The first-order chi connectivity index (χ1) is 7.09. The minimum Gasteiger partial charge on any atom is -0.0714 e. The topological polar surface area (TPSA) is 0 Å². The van der Waals surface area contributed by atoms with Gasteiger partial charge in [-0.2, -0.15) is 0 Å². The normalized spacial score (nSPS) is 12.9. The van der Waals surface area contributed by atoms with Gasteiger partial charge >= 0.3 is 0 Å². The fourth-order valence-corrected chi connectivity index (χ4v) is 2.71. The van der Waals surface area contributed by atoms with Crippen LogP contribution in [0.25, 0.3) is 0 Å². The van der Waals surface area contributed by atoms with Gasteiger partial charge in [0.15, 0.2) is 0 Å². The van der Waals surface area contributed by atoms with E-state index in [1.165, 1.54) is 17.3 Å². The third-order valence-corrected chi connectivity index (χ3v) is 3.87. The zero-order chi connectivity index (χ0) is 12.6. The van der Waals surface area contributed by atoms with Crippen LogP contribution in [0.3, 0.4) is 0 Å². The molecule has 1 aromatic carbocycles. The molecular weight excluding hydrogens is 283 g/mol. The Labute approximate surface area is 117 Å². The third kappa shape index (κ3) is 4.37. The van der Waals surface area contributed by atoms with Gasteiger partial charge < -0.3 is 0 Å². The van der Waals surface area contributed by atoms with E-state index in [4.69, 9.17) is 34.8 Å². The van der Waals surface area contributed by atoms with Gasteiger partial charge in [0.25, 0.3) is 0 Å². The van der Waals surface area contributed by atoms with Crippen LogP contribution in [0.1, 0.15) is 31.9 Å². The van der Waals surface area contributed by atoms with Crippen molar-refractivity contribution < 1.29 is 0 Å². The molecular formula is C12H15Cl3S. The molecule has 1 aromatic rings. The molecule has 0 spiro atoms. The lowest BCUT2D eigenvalue weighted by atomic mass is 9.86. The van der Waals surface area contributed by atoms with E-state index in [0.717, 1.165) is 10.5 Å². The second-order valence-corrected chi connectivity index (χ2v) is 8.99. The Kier molecular flexibility index (Phi) is 4.51. The third-order valence-electron chi connectivity index (χ3n) is 2.27. The summed E-state index contributed by atoms with van der Waals surface area (Å²) in [6.45, 7) is 8.59. The minimum atomic E-state index is -1.30. The van der Waals surface area contributed by atoms with E-state index in [1.807, 2.05) is 13.0 Å². The van der Waals surface area contributed by atoms with E-state index in [0.29, 0.717) is 0 Å². The predicted molar refractivity (Wildman–Crippen MR) is 76.0 cm³/mol. The molecule has 0 saturated heterocycles. The number of rotatable bonds is 1. The summed E-state index contributed by atoms with van der Waals surface area (Å²) < 4.78 is -1.30. The molecule has 90 valence electrons. The number of hydrogen-bond acceptors (Lipinski definition) is 1. The highest BCUT2D eigenvalue weighted by Crippen LogP contribution is 2.45. The molecule has 0 atom stereocenters. The van der Waals surface area contributed by atoms with Crippen molar-refractivity contribution in [3.63, 3.8) is 0 Å². The zero-order valence-electron chi connectivity index (χ0n) is 9.77. The van der Waals surface area contributed by atoms with Crippen molar-refractivity contribution in [2.24, 2.45) is 0 Å². The molecule has 0 fully saturated rings. The maximum atomic E-state index is 5.76. The monoisotopic (exact) mass is 296 g/mol. The molecule has 0 amide bonds. The van der Waals surface area contributed by atoms with E-state index in [2.05, 4.69) is 32.9 Å². The van der Waals surface area contributed by atoms with Gasteiger partial charge in [-0.3, -0.25) is 0 Å². The summed E-state index contributed by atoms with van der Waals surface area (Å²) in [5.74, 6) is 0. The average molecular weight is 298 g/mol. The second kappa shape index (κ2) is 4.97. The fraction of sp³-hybridized carbons (Fsp3) is 0.500. The van der Waals surface area contributed by atoms with Crippen molar-refractivity contribution >= 4 is 46.6 Å². The van der Waals surface area contributed by atoms with E-state index in [9.17, 15) is 0 Å². The lowest BCUT2D eigenvalue weighted by Crippen LogP contribution is -2.11. The van der Waals surface area contributed by atoms with Crippen LogP contribution < -0.4 is 0 Å². The first-order valence-corrected chi connectivity index (χ1v) is 6.91. The first-order valence-electron chi connectivity index (χ1n) is 4.96. The summed E-state index contributed by atoms with van der Waals surface area (Å²) in [5.41, 5.74) is 2.58. The molecule has 16 heavy (non-hydrogen) atoms. The van der Waals surface area contributed by atoms with Crippen LogP contribution in [0.5, 0.6) is 0 Å². The van der Waals surface area contributed by atoms with Crippen molar-refractivity contribution in [3.05, 3.63) is 29.3 Å². The highest BCUT2D eigenvalue weighted by molar-refractivity contribution is 8.04. The van der Waals surface area contributed by atoms with Crippen LogP contribution in [0.2, 0.25) is 0 Å². The van der Waals surface area contributed by atoms with E-state index in [-0.39, 0.29) is 5.41 Å². The van der Waals surface area contributed by atoms with Crippen LogP contribution in [-0.2, 0) is 5.41 Å². The molecule has 4 heteroatoms. The van der Waals surface area contributed by atoms with Gasteiger partial charge in [0.1, 0.15) is 0 Å². The number of aryl methyl sites for hydroxylation is 1. The molecule has 0 saturated carbocycles. The molecule has 0 aliphatic rings. The number of hydrogen-bond donors (Lipinski definition) is 0.